The maximum absolute atomic E-state index is 12.6. The predicted molar refractivity (Wildman–Crippen MR) is 63.1 cm³/mol. The highest BCUT2D eigenvalue weighted by Gasteiger charge is 2.30. The lowest BCUT2D eigenvalue weighted by molar-refractivity contribution is -0.137. The van der Waals surface area contributed by atoms with Crippen LogP contribution in [-0.4, -0.2) is 16.1 Å². The third-order valence-corrected chi connectivity index (χ3v) is 2.83. The molecule has 1 heterocycles. The molecule has 0 spiro atoms. The van der Waals surface area contributed by atoms with Crippen molar-refractivity contribution in [1.82, 2.24) is 14.9 Å². The van der Waals surface area contributed by atoms with Crippen LogP contribution < -0.4 is 5.32 Å². The lowest BCUT2D eigenvalue weighted by Gasteiger charge is -2.06. The average molecular weight is 257 g/mol. The van der Waals surface area contributed by atoms with Crippen LogP contribution in [-0.2, 0) is 19.8 Å². The van der Waals surface area contributed by atoms with Crippen LogP contribution in [0.2, 0.25) is 0 Å². The quantitative estimate of drug-likeness (QED) is 0.916. The zero-order valence-corrected chi connectivity index (χ0v) is 10.2. The van der Waals surface area contributed by atoms with Gasteiger partial charge in [-0.25, -0.2) is 4.98 Å². The van der Waals surface area contributed by atoms with Gasteiger partial charge in [-0.15, -0.1) is 0 Å². The third kappa shape index (κ3) is 2.33. The van der Waals surface area contributed by atoms with Crippen molar-refractivity contribution in [1.29, 1.82) is 0 Å². The molecule has 0 atom stereocenters. The molecule has 0 saturated carbocycles. The smallest absolute Gasteiger partial charge is 0.330 e. The van der Waals surface area contributed by atoms with E-state index in [-0.39, 0.29) is 0 Å². The number of rotatable bonds is 3. The van der Waals surface area contributed by atoms with Gasteiger partial charge in [0.25, 0.3) is 0 Å². The molecule has 3 nitrogen and oxygen atoms in total. The second kappa shape index (κ2) is 4.61. The van der Waals surface area contributed by atoms with E-state index >= 15 is 0 Å². The molecule has 0 saturated heterocycles. The second-order valence-electron chi connectivity index (χ2n) is 4.07. The second-order valence-corrected chi connectivity index (χ2v) is 4.07. The highest BCUT2D eigenvalue weighted by molar-refractivity contribution is 5.77. The van der Waals surface area contributed by atoms with Gasteiger partial charge in [-0.3, -0.25) is 0 Å². The van der Waals surface area contributed by atoms with Crippen molar-refractivity contribution >= 4 is 11.0 Å². The summed E-state index contributed by atoms with van der Waals surface area (Å²) in [6.07, 6.45) is -4.33. The van der Waals surface area contributed by atoms with Gasteiger partial charge in [0, 0.05) is 7.05 Å². The van der Waals surface area contributed by atoms with Gasteiger partial charge in [0.1, 0.15) is 5.82 Å². The first-order valence-corrected chi connectivity index (χ1v) is 5.66. The molecule has 1 aromatic heterocycles. The summed E-state index contributed by atoms with van der Waals surface area (Å²) in [6.45, 7) is 3.30. The Kier molecular flexibility index (Phi) is 3.30. The summed E-state index contributed by atoms with van der Waals surface area (Å²) in [5.41, 5.74) is 0.416. The first kappa shape index (κ1) is 12.9. The molecule has 0 aliphatic carbocycles. The lowest BCUT2D eigenvalue weighted by Crippen LogP contribution is -2.15. The summed E-state index contributed by atoms with van der Waals surface area (Å²) in [6, 6.07) is 3.63. The van der Waals surface area contributed by atoms with E-state index in [9.17, 15) is 13.2 Å². The fourth-order valence-corrected chi connectivity index (χ4v) is 1.82. The Balaban J connectivity index is 2.45. The van der Waals surface area contributed by atoms with Crippen molar-refractivity contribution in [2.75, 3.05) is 6.54 Å². The Labute approximate surface area is 103 Å². The van der Waals surface area contributed by atoms with Gasteiger partial charge in [-0.2, -0.15) is 13.2 Å². The van der Waals surface area contributed by atoms with Gasteiger partial charge in [0.15, 0.2) is 0 Å². The zero-order valence-electron chi connectivity index (χ0n) is 10.2. The molecule has 0 radical (unpaired) electrons. The van der Waals surface area contributed by atoms with E-state index in [0.29, 0.717) is 17.6 Å². The number of nitrogens with one attached hydrogen (secondary N) is 1. The standard InChI is InChI=1S/C12H14F3N3/c1-3-16-7-11-17-9-6-8(12(13,14)15)4-5-10(9)18(11)2/h4-6,16H,3,7H2,1-2H3. The molecule has 0 unspecified atom stereocenters. The average Bonchev–Trinajstić information content (AvgIpc) is 2.62. The number of halogens is 3. The minimum atomic E-state index is -4.33. The number of nitrogens with zero attached hydrogens (tertiary/aromatic N) is 2. The first-order chi connectivity index (χ1) is 8.43. The fraction of sp³-hybridized carbons (Fsp3) is 0.417. The van der Waals surface area contributed by atoms with Gasteiger partial charge >= 0.3 is 6.18 Å². The lowest BCUT2D eigenvalue weighted by atomic mass is 10.2. The Bertz CT molecular complexity index is 557. The number of hydrogen-bond acceptors (Lipinski definition) is 2. The highest BCUT2D eigenvalue weighted by atomic mass is 19.4. The molecular weight excluding hydrogens is 243 g/mol. The number of fused-ring (bicyclic) bond motifs is 1. The molecule has 18 heavy (non-hydrogen) atoms. The number of hydrogen-bond donors (Lipinski definition) is 1. The monoisotopic (exact) mass is 257 g/mol. The Morgan fingerprint density at radius 2 is 2.06 bits per heavy atom. The molecular formula is C12H14F3N3. The summed E-state index contributed by atoms with van der Waals surface area (Å²) >= 11 is 0. The largest absolute Gasteiger partial charge is 0.416 e. The van der Waals surface area contributed by atoms with Crippen LogP contribution in [0.25, 0.3) is 11.0 Å². The van der Waals surface area contributed by atoms with E-state index in [1.807, 2.05) is 6.92 Å². The van der Waals surface area contributed by atoms with Crippen LogP contribution >= 0.6 is 0 Å². The van der Waals surface area contributed by atoms with Crippen molar-refractivity contribution in [3.63, 3.8) is 0 Å². The molecule has 0 bridgehead atoms. The van der Waals surface area contributed by atoms with Crippen molar-refractivity contribution < 1.29 is 13.2 Å². The zero-order chi connectivity index (χ0) is 13.3. The normalized spacial score (nSPS) is 12.3. The van der Waals surface area contributed by atoms with Crippen LogP contribution in [0, 0.1) is 0 Å². The molecule has 0 amide bonds. The number of aromatic nitrogens is 2. The molecule has 2 rings (SSSR count). The van der Waals surface area contributed by atoms with Crippen LogP contribution in [0.15, 0.2) is 18.2 Å². The minimum absolute atomic E-state index is 0.375. The van der Waals surface area contributed by atoms with E-state index in [1.165, 1.54) is 6.07 Å². The van der Waals surface area contributed by atoms with Crippen molar-refractivity contribution in [2.45, 2.75) is 19.6 Å². The summed E-state index contributed by atoms with van der Waals surface area (Å²) in [5.74, 6) is 0.728. The van der Waals surface area contributed by atoms with Crippen LogP contribution in [0.1, 0.15) is 18.3 Å². The maximum Gasteiger partial charge on any atom is 0.416 e. The summed E-state index contributed by atoms with van der Waals surface area (Å²) < 4.78 is 39.5. The van der Waals surface area contributed by atoms with Gasteiger partial charge < -0.3 is 9.88 Å². The van der Waals surface area contributed by atoms with Crippen LogP contribution in [0.4, 0.5) is 13.2 Å². The molecule has 0 fully saturated rings. The Morgan fingerprint density at radius 1 is 1.33 bits per heavy atom. The van der Waals surface area contributed by atoms with Gasteiger partial charge in [-0.05, 0) is 24.7 Å². The van der Waals surface area contributed by atoms with Gasteiger partial charge in [0.05, 0.1) is 23.1 Å². The van der Waals surface area contributed by atoms with Crippen LogP contribution in [0.5, 0.6) is 0 Å². The van der Waals surface area contributed by atoms with E-state index in [4.69, 9.17) is 0 Å². The molecule has 2 aromatic rings. The maximum atomic E-state index is 12.6. The van der Waals surface area contributed by atoms with E-state index in [2.05, 4.69) is 10.3 Å². The summed E-state index contributed by atoms with van der Waals surface area (Å²) in [5, 5.41) is 3.11. The SMILES string of the molecule is CCNCc1nc2cc(C(F)(F)F)ccc2n1C. The molecule has 6 heteroatoms. The number of imidazole rings is 1. The third-order valence-electron chi connectivity index (χ3n) is 2.83. The van der Waals surface area contributed by atoms with Crippen molar-refractivity contribution in [3.05, 3.63) is 29.6 Å². The molecule has 0 aliphatic rings. The molecule has 1 N–H and O–H groups in total. The topological polar surface area (TPSA) is 29.9 Å². The van der Waals surface area contributed by atoms with Crippen molar-refractivity contribution in [3.8, 4) is 0 Å². The molecule has 0 aliphatic heterocycles. The minimum Gasteiger partial charge on any atom is -0.330 e. The molecule has 98 valence electrons. The number of benzene rings is 1. The number of aryl methyl sites for hydroxylation is 1. The fourth-order valence-electron chi connectivity index (χ4n) is 1.82. The van der Waals surface area contributed by atoms with E-state index in [0.717, 1.165) is 24.5 Å². The summed E-state index contributed by atoms with van der Waals surface area (Å²) in [7, 11) is 1.80. The van der Waals surface area contributed by atoms with E-state index in [1.54, 1.807) is 11.6 Å². The highest BCUT2D eigenvalue weighted by Crippen LogP contribution is 2.31. The van der Waals surface area contributed by atoms with Gasteiger partial charge in [0.2, 0.25) is 0 Å². The van der Waals surface area contributed by atoms with Gasteiger partial charge in [-0.1, -0.05) is 6.92 Å². The molecule has 1 aromatic carbocycles. The van der Waals surface area contributed by atoms with E-state index < -0.39 is 11.7 Å². The van der Waals surface area contributed by atoms with Crippen LogP contribution in [0.3, 0.4) is 0 Å². The first-order valence-electron chi connectivity index (χ1n) is 5.66. The predicted octanol–water partition coefficient (Wildman–Crippen LogP) is 2.70. The Hall–Kier alpha value is -1.56. The Morgan fingerprint density at radius 3 is 2.67 bits per heavy atom. The number of alkyl halides is 3. The summed E-state index contributed by atoms with van der Waals surface area (Å²) in [4.78, 5) is 4.22. The van der Waals surface area contributed by atoms with Crippen molar-refractivity contribution in [2.24, 2.45) is 7.05 Å².